The average Bonchev–Trinajstić information content (AvgIpc) is 2.92. The number of nitrogens with zero attached hydrogens (tertiary/aromatic N) is 1. The highest BCUT2D eigenvalue weighted by atomic mass is 16.5. The quantitative estimate of drug-likeness (QED) is 0.362. The Morgan fingerprint density at radius 2 is 1.69 bits per heavy atom. The monoisotopic (exact) mass is 542 g/mol. The van der Waals surface area contributed by atoms with Crippen molar-refractivity contribution in [2.45, 2.75) is 84.8 Å². The van der Waals surface area contributed by atoms with E-state index < -0.39 is 23.5 Å². The molecule has 2 atom stereocenters. The molecule has 1 aromatic rings. The number of ketones is 3. The number of rotatable bonds is 13. The minimum absolute atomic E-state index is 0.0249. The van der Waals surface area contributed by atoms with Gasteiger partial charge in [-0.05, 0) is 23.3 Å². The first-order chi connectivity index (χ1) is 18.6. The molecule has 1 saturated carbocycles. The molecule has 8 heteroatoms. The van der Waals surface area contributed by atoms with Crippen LogP contribution in [-0.2, 0) is 30.5 Å². The second kappa shape index (κ2) is 15.3. The standard InChI is InChI=1S/C31H46N2O6/c1-31(2,3)20-28(35)29(36)25(22-39-21-24-12-8-5-9-13-24)19-27(34)26(18-23-10-6-4-7-11-23)32-30(37)33-14-16-38-17-15-33/h5,8-9,12-13,23,25-26H,4,6-7,10-11,14-22H2,1-3H3,(H,32,37)/t25?,26-/m0/s1. The van der Waals surface area contributed by atoms with Crippen molar-refractivity contribution in [3.8, 4) is 0 Å². The molecule has 1 aliphatic carbocycles. The second-order valence-electron chi connectivity index (χ2n) is 12.2. The summed E-state index contributed by atoms with van der Waals surface area (Å²) in [7, 11) is 0. The van der Waals surface area contributed by atoms with Crippen LogP contribution in [0.1, 0.15) is 77.7 Å². The summed E-state index contributed by atoms with van der Waals surface area (Å²) in [5.74, 6) is -1.80. The van der Waals surface area contributed by atoms with E-state index in [0.29, 0.717) is 38.6 Å². The van der Waals surface area contributed by atoms with Crippen molar-refractivity contribution in [2.24, 2.45) is 17.3 Å². The number of morpholine rings is 1. The third-order valence-electron chi connectivity index (χ3n) is 7.49. The lowest BCUT2D eigenvalue weighted by atomic mass is 9.81. The van der Waals surface area contributed by atoms with E-state index >= 15 is 0 Å². The van der Waals surface area contributed by atoms with E-state index in [2.05, 4.69) is 5.32 Å². The Morgan fingerprint density at radius 1 is 1.03 bits per heavy atom. The fraction of sp³-hybridized carbons (Fsp3) is 0.677. The Balaban J connectivity index is 1.72. The van der Waals surface area contributed by atoms with Gasteiger partial charge >= 0.3 is 6.03 Å². The van der Waals surface area contributed by atoms with Crippen LogP contribution < -0.4 is 5.32 Å². The molecule has 1 aromatic carbocycles. The minimum Gasteiger partial charge on any atom is -0.378 e. The summed E-state index contributed by atoms with van der Waals surface area (Å²) in [6, 6.07) is 8.60. The van der Waals surface area contributed by atoms with E-state index in [1.54, 1.807) is 4.90 Å². The molecule has 3 rings (SSSR count). The first-order valence-electron chi connectivity index (χ1n) is 14.5. The number of nitrogens with one attached hydrogen (secondary N) is 1. The van der Waals surface area contributed by atoms with E-state index in [1.165, 1.54) is 6.42 Å². The number of urea groups is 1. The van der Waals surface area contributed by atoms with Crippen molar-refractivity contribution in [1.29, 1.82) is 0 Å². The number of hydrogen-bond donors (Lipinski definition) is 1. The first-order valence-corrected chi connectivity index (χ1v) is 14.5. The van der Waals surface area contributed by atoms with Gasteiger partial charge in [0.2, 0.25) is 5.78 Å². The van der Waals surface area contributed by atoms with Crippen LogP contribution in [0, 0.1) is 17.3 Å². The van der Waals surface area contributed by atoms with Crippen molar-refractivity contribution in [3.63, 3.8) is 0 Å². The molecule has 39 heavy (non-hydrogen) atoms. The Hall–Kier alpha value is -2.58. The predicted octanol–water partition coefficient (Wildman–Crippen LogP) is 4.73. The van der Waals surface area contributed by atoms with Gasteiger partial charge in [-0.2, -0.15) is 0 Å². The normalized spacial score (nSPS) is 18.3. The van der Waals surface area contributed by atoms with Gasteiger partial charge in [-0.1, -0.05) is 83.2 Å². The lowest BCUT2D eigenvalue weighted by molar-refractivity contribution is -0.142. The molecule has 2 amide bonds. The van der Waals surface area contributed by atoms with Gasteiger partial charge in [0, 0.05) is 25.9 Å². The fourth-order valence-corrected chi connectivity index (χ4v) is 5.34. The number of carbonyl (C=O) groups excluding carboxylic acids is 4. The van der Waals surface area contributed by atoms with E-state index in [0.717, 1.165) is 31.2 Å². The highest BCUT2D eigenvalue weighted by Gasteiger charge is 2.34. The second-order valence-corrected chi connectivity index (χ2v) is 12.2. The predicted molar refractivity (Wildman–Crippen MR) is 149 cm³/mol. The fourth-order valence-electron chi connectivity index (χ4n) is 5.34. The maximum Gasteiger partial charge on any atom is 0.318 e. The Bertz CT molecular complexity index is 946. The zero-order chi connectivity index (χ0) is 28.3. The lowest BCUT2D eigenvalue weighted by Gasteiger charge is -2.31. The van der Waals surface area contributed by atoms with Gasteiger partial charge in [0.25, 0.3) is 0 Å². The molecule has 1 heterocycles. The molecule has 1 N–H and O–H groups in total. The number of Topliss-reactive ketones (excluding diaryl/α,β-unsaturated/α-hetero) is 3. The maximum absolute atomic E-state index is 13.7. The Morgan fingerprint density at radius 3 is 2.33 bits per heavy atom. The molecule has 2 aliphatic rings. The van der Waals surface area contributed by atoms with Crippen LogP contribution >= 0.6 is 0 Å². The molecule has 0 aromatic heterocycles. The van der Waals surface area contributed by atoms with Gasteiger partial charge in [-0.3, -0.25) is 14.4 Å². The van der Waals surface area contributed by atoms with E-state index in [4.69, 9.17) is 9.47 Å². The number of ether oxygens (including phenoxy) is 2. The Labute approximate surface area is 233 Å². The van der Waals surface area contributed by atoms with Crippen LogP contribution in [0.4, 0.5) is 4.79 Å². The molecule has 1 unspecified atom stereocenters. The van der Waals surface area contributed by atoms with Gasteiger partial charge in [0.05, 0.1) is 38.4 Å². The summed E-state index contributed by atoms with van der Waals surface area (Å²) in [5.41, 5.74) is 0.603. The van der Waals surface area contributed by atoms with Crippen LogP contribution in [0.2, 0.25) is 0 Å². The summed E-state index contributed by atoms with van der Waals surface area (Å²) in [5, 5.41) is 2.97. The number of hydrogen-bond acceptors (Lipinski definition) is 6. The number of carbonyl (C=O) groups is 4. The van der Waals surface area contributed by atoms with Crippen molar-refractivity contribution in [2.75, 3.05) is 32.9 Å². The summed E-state index contributed by atoms with van der Waals surface area (Å²) >= 11 is 0. The van der Waals surface area contributed by atoms with Gasteiger partial charge in [0.15, 0.2) is 11.6 Å². The van der Waals surface area contributed by atoms with Crippen LogP contribution in [0.25, 0.3) is 0 Å². The zero-order valence-corrected chi connectivity index (χ0v) is 23.9. The van der Waals surface area contributed by atoms with Crippen LogP contribution in [0.15, 0.2) is 30.3 Å². The summed E-state index contributed by atoms with van der Waals surface area (Å²) in [4.78, 5) is 54.6. The summed E-state index contributed by atoms with van der Waals surface area (Å²) in [6.07, 6.45) is 6.03. The minimum atomic E-state index is -0.884. The first kappa shape index (κ1) is 31.0. The molecule has 0 spiro atoms. The van der Waals surface area contributed by atoms with Crippen molar-refractivity contribution < 1.29 is 28.7 Å². The molecule has 8 nitrogen and oxygen atoms in total. The third-order valence-corrected chi connectivity index (χ3v) is 7.49. The van der Waals surface area contributed by atoms with Gasteiger partial charge < -0.3 is 19.7 Å². The van der Waals surface area contributed by atoms with Gasteiger partial charge in [0.1, 0.15) is 0 Å². The Kier molecular flexibility index (Phi) is 12.1. The zero-order valence-electron chi connectivity index (χ0n) is 23.9. The molecule has 0 radical (unpaired) electrons. The van der Waals surface area contributed by atoms with Crippen molar-refractivity contribution in [3.05, 3.63) is 35.9 Å². The van der Waals surface area contributed by atoms with Crippen LogP contribution in [0.3, 0.4) is 0 Å². The smallest absolute Gasteiger partial charge is 0.318 e. The molecule has 1 saturated heterocycles. The maximum atomic E-state index is 13.7. The molecule has 0 bridgehead atoms. The van der Waals surface area contributed by atoms with Crippen molar-refractivity contribution in [1.82, 2.24) is 10.2 Å². The summed E-state index contributed by atoms with van der Waals surface area (Å²) < 4.78 is 11.2. The molecule has 2 fully saturated rings. The van der Waals surface area contributed by atoms with Crippen LogP contribution in [-0.4, -0.2) is 67.2 Å². The van der Waals surface area contributed by atoms with E-state index in [-0.39, 0.29) is 43.3 Å². The van der Waals surface area contributed by atoms with Gasteiger partial charge in [-0.15, -0.1) is 0 Å². The average molecular weight is 543 g/mol. The molecular weight excluding hydrogens is 496 g/mol. The van der Waals surface area contributed by atoms with E-state index in [9.17, 15) is 19.2 Å². The highest BCUT2D eigenvalue weighted by Crippen LogP contribution is 2.28. The summed E-state index contributed by atoms with van der Waals surface area (Å²) in [6.45, 7) is 7.88. The lowest BCUT2D eigenvalue weighted by Crippen LogP contribution is -2.52. The van der Waals surface area contributed by atoms with Gasteiger partial charge in [-0.25, -0.2) is 4.79 Å². The molecule has 216 valence electrons. The third kappa shape index (κ3) is 10.8. The topological polar surface area (TPSA) is 102 Å². The number of amides is 2. The SMILES string of the molecule is CC(C)(C)CC(=O)C(=O)C(COCc1ccccc1)CC(=O)[C@H](CC1CCCCC1)NC(=O)N1CCOCC1. The largest absolute Gasteiger partial charge is 0.378 e. The van der Waals surface area contributed by atoms with Crippen molar-refractivity contribution >= 4 is 23.4 Å². The highest BCUT2D eigenvalue weighted by molar-refractivity contribution is 6.38. The number of benzene rings is 1. The van der Waals surface area contributed by atoms with Crippen LogP contribution in [0.5, 0.6) is 0 Å². The molecule has 1 aliphatic heterocycles. The molecular formula is C31H46N2O6. The van der Waals surface area contributed by atoms with E-state index in [1.807, 2.05) is 51.1 Å².